The van der Waals surface area contributed by atoms with E-state index in [0.717, 1.165) is 24.3 Å². The molecule has 14 nitrogen and oxygen atoms in total. The van der Waals surface area contributed by atoms with Crippen molar-refractivity contribution in [3.8, 4) is 0 Å². The van der Waals surface area contributed by atoms with Crippen LogP contribution in [-0.2, 0) is 20.0 Å². The molecule has 2 heterocycles. The lowest BCUT2D eigenvalue weighted by Gasteiger charge is -2.08. The first kappa shape index (κ1) is 29.0. The van der Waals surface area contributed by atoms with Gasteiger partial charge in [-0.15, -0.1) is 22.7 Å². The van der Waals surface area contributed by atoms with E-state index in [4.69, 9.17) is 10.2 Å². The predicted octanol–water partition coefficient (Wildman–Crippen LogP) is 1.44. The summed E-state index contributed by atoms with van der Waals surface area (Å²) < 4.78 is 51.3. The van der Waals surface area contributed by atoms with Gasteiger partial charge in [0.1, 0.15) is 18.2 Å². The van der Waals surface area contributed by atoms with Crippen LogP contribution in [0.3, 0.4) is 0 Å². The van der Waals surface area contributed by atoms with Crippen LogP contribution in [0.15, 0.2) is 32.7 Å². The van der Waals surface area contributed by atoms with Crippen molar-refractivity contribution in [2.24, 2.45) is 0 Å². The molecule has 2 aromatic rings. The first-order chi connectivity index (χ1) is 16.8. The van der Waals surface area contributed by atoms with E-state index in [0.29, 0.717) is 48.4 Å². The van der Waals surface area contributed by atoms with Crippen molar-refractivity contribution in [2.45, 2.75) is 34.1 Å². The third-order valence-corrected chi connectivity index (χ3v) is 10.0. The highest BCUT2D eigenvalue weighted by atomic mass is 32.3. The number of carboxylic acids is 2. The van der Waals surface area contributed by atoms with Crippen LogP contribution in [0.2, 0.25) is 0 Å². The number of unbranched alkanes of at least 4 members (excludes halogenated alkanes) is 3. The molecule has 0 fully saturated rings. The first-order valence-corrected chi connectivity index (χ1v) is 14.7. The molecule has 0 bridgehead atoms. The van der Waals surface area contributed by atoms with E-state index in [1.54, 1.807) is 9.44 Å². The summed E-state index contributed by atoms with van der Waals surface area (Å²) in [5, 5.41) is 22.4. The number of urea groups is 2. The van der Waals surface area contributed by atoms with Gasteiger partial charge in [-0.05, 0) is 37.1 Å². The lowest BCUT2D eigenvalue weighted by Crippen LogP contribution is -2.39. The summed E-state index contributed by atoms with van der Waals surface area (Å²) in [5.41, 5.74) is 0. The van der Waals surface area contributed by atoms with Crippen molar-refractivity contribution < 1.29 is 46.2 Å². The molecule has 0 saturated heterocycles. The van der Waals surface area contributed by atoms with Gasteiger partial charge in [0.2, 0.25) is 0 Å². The van der Waals surface area contributed by atoms with Crippen molar-refractivity contribution in [3.63, 3.8) is 0 Å². The molecular weight excluding hydrogens is 560 g/mol. The minimum Gasteiger partial charge on any atom is -0.477 e. The molecule has 18 heteroatoms. The summed E-state index contributed by atoms with van der Waals surface area (Å²) >= 11 is 1.03. The summed E-state index contributed by atoms with van der Waals surface area (Å²) in [7, 11) is -8.38. The molecule has 0 atom stereocenters. The molecule has 0 radical (unpaired) electrons. The number of amides is 4. The van der Waals surface area contributed by atoms with E-state index in [9.17, 15) is 36.0 Å². The van der Waals surface area contributed by atoms with Gasteiger partial charge in [-0.2, -0.15) is 0 Å². The minimum absolute atomic E-state index is 0.164. The van der Waals surface area contributed by atoms with Gasteiger partial charge in [-0.1, -0.05) is 12.8 Å². The van der Waals surface area contributed by atoms with Gasteiger partial charge in [-0.3, -0.25) is 0 Å². The van der Waals surface area contributed by atoms with Gasteiger partial charge in [0, 0.05) is 13.1 Å². The Balaban J connectivity index is 1.60. The fraction of sp³-hybridized carbons (Fsp3) is 0.333. The van der Waals surface area contributed by atoms with Gasteiger partial charge in [0.15, 0.2) is 0 Å². The summed E-state index contributed by atoms with van der Waals surface area (Å²) in [4.78, 5) is 44.9. The first-order valence-electron chi connectivity index (χ1n) is 10.1. The SMILES string of the molecule is O=C(NCCCCCCNC(=O)NS(=O)(=O)c1ccc(C(=O)O)s1)NS(=O)(=O)c1ccc(C(=O)O)s1. The monoisotopic (exact) mass is 582 g/mol. The molecule has 2 aromatic heterocycles. The second kappa shape index (κ2) is 12.7. The Bertz CT molecular complexity index is 1230. The second-order valence-electron chi connectivity index (χ2n) is 6.98. The van der Waals surface area contributed by atoms with Crippen LogP contribution < -0.4 is 20.1 Å². The van der Waals surface area contributed by atoms with Crippen molar-refractivity contribution in [1.82, 2.24) is 20.1 Å². The van der Waals surface area contributed by atoms with E-state index >= 15 is 0 Å². The zero-order chi connectivity index (χ0) is 26.9. The molecule has 0 aliphatic carbocycles. The number of nitrogens with one attached hydrogen (secondary N) is 4. The van der Waals surface area contributed by atoms with Crippen LogP contribution in [-0.4, -0.2) is 64.1 Å². The molecule has 0 saturated carbocycles. The van der Waals surface area contributed by atoms with E-state index in [2.05, 4.69) is 10.6 Å². The topological polar surface area (TPSA) is 225 Å². The number of carbonyl (C=O) groups excluding carboxylic acids is 2. The Morgan fingerprint density at radius 1 is 0.639 bits per heavy atom. The van der Waals surface area contributed by atoms with E-state index in [-0.39, 0.29) is 31.3 Å². The molecule has 0 spiro atoms. The number of hydrogen-bond donors (Lipinski definition) is 6. The number of hydrogen-bond acceptors (Lipinski definition) is 10. The molecule has 6 N–H and O–H groups in total. The van der Waals surface area contributed by atoms with Crippen LogP contribution >= 0.6 is 22.7 Å². The highest BCUT2D eigenvalue weighted by Gasteiger charge is 2.22. The van der Waals surface area contributed by atoms with Crippen LogP contribution in [0, 0.1) is 0 Å². The summed E-state index contributed by atoms with van der Waals surface area (Å²) in [6, 6.07) is 2.51. The summed E-state index contributed by atoms with van der Waals surface area (Å²) in [6.45, 7) is 0.328. The van der Waals surface area contributed by atoms with Crippen molar-refractivity contribution in [1.29, 1.82) is 0 Å². The average Bonchev–Trinajstić information content (AvgIpc) is 3.46. The van der Waals surface area contributed by atoms with Crippen LogP contribution in [0.1, 0.15) is 45.0 Å². The largest absolute Gasteiger partial charge is 0.477 e. The van der Waals surface area contributed by atoms with Crippen LogP contribution in [0.25, 0.3) is 0 Å². The fourth-order valence-electron chi connectivity index (χ4n) is 2.58. The van der Waals surface area contributed by atoms with Crippen molar-refractivity contribution in [3.05, 3.63) is 34.0 Å². The van der Waals surface area contributed by atoms with E-state index < -0.39 is 44.0 Å². The molecule has 36 heavy (non-hydrogen) atoms. The Kier molecular flexibility index (Phi) is 10.2. The molecule has 4 amide bonds. The standard InChI is InChI=1S/C18H22N4O10S4/c23-15(24)11-5-7-13(33-11)35(29,30)21-17(27)19-9-3-1-2-4-10-20-18(28)22-36(31,32)14-8-6-12(34-14)16(25)26/h5-8H,1-4,9-10H2,(H,23,24)(H,25,26)(H2,19,21,27)(H2,20,22,28). The van der Waals surface area contributed by atoms with Gasteiger partial charge in [0.25, 0.3) is 20.0 Å². The van der Waals surface area contributed by atoms with Crippen LogP contribution in [0.5, 0.6) is 0 Å². The highest BCUT2D eigenvalue weighted by molar-refractivity contribution is 7.92. The molecule has 0 aliphatic rings. The Morgan fingerprint density at radius 3 is 1.31 bits per heavy atom. The predicted molar refractivity (Wildman–Crippen MR) is 128 cm³/mol. The van der Waals surface area contributed by atoms with Gasteiger partial charge < -0.3 is 20.8 Å². The highest BCUT2D eigenvalue weighted by Crippen LogP contribution is 2.22. The lowest BCUT2D eigenvalue weighted by molar-refractivity contribution is 0.0691. The fourth-order valence-corrected chi connectivity index (χ4v) is 6.73. The lowest BCUT2D eigenvalue weighted by atomic mass is 10.2. The van der Waals surface area contributed by atoms with E-state index in [1.807, 2.05) is 0 Å². The Hall–Kier alpha value is -3.22. The van der Waals surface area contributed by atoms with Gasteiger partial charge in [-0.25, -0.2) is 45.5 Å². The zero-order valence-corrected chi connectivity index (χ0v) is 21.6. The number of sulfonamides is 2. The second-order valence-corrected chi connectivity index (χ2v) is 13.0. The third kappa shape index (κ3) is 8.77. The van der Waals surface area contributed by atoms with Gasteiger partial charge >= 0.3 is 24.0 Å². The number of thiophene rings is 2. The van der Waals surface area contributed by atoms with Crippen molar-refractivity contribution in [2.75, 3.05) is 13.1 Å². The van der Waals surface area contributed by atoms with Gasteiger partial charge in [0.05, 0.1) is 0 Å². The average molecular weight is 583 g/mol. The molecule has 0 unspecified atom stereocenters. The maximum atomic E-state index is 12.1. The molecule has 198 valence electrons. The third-order valence-electron chi connectivity index (χ3n) is 4.24. The zero-order valence-electron chi connectivity index (χ0n) is 18.3. The molecule has 0 aromatic carbocycles. The summed E-state index contributed by atoms with van der Waals surface area (Å²) in [5.74, 6) is -2.55. The van der Waals surface area contributed by atoms with Crippen LogP contribution in [0.4, 0.5) is 9.59 Å². The minimum atomic E-state index is -4.19. The quantitative estimate of drug-likeness (QED) is 0.186. The number of rotatable bonds is 13. The number of aromatic carboxylic acids is 2. The van der Waals surface area contributed by atoms with Crippen molar-refractivity contribution >= 4 is 66.7 Å². The Morgan fingerprint density at radius 2 is 1.00 bits per heavy atom. The Labute approximate surface area is 213 Å². The molecular formula is C18H22N4O10S4. The maximum Gasteiger partial charge on any atom is 0.345 e. The maximum absolute atomic E-state index is 12.1. The molecule has 2 rings (SSSR count). The number of carboxylic acid groups (broad SMARTS) is 2. The normalized spacial score (nSPS) is 11.4. The summed E-state index contributed by atoms with van der Waals surface area (Å²) in [6.07, 6.45) is 2.24. The molecule has 0 aliphatic heterocycles. The smallest absolute Gasteiger partial charge is 0.345 e. The van der Waals surface area contributed by atoms with E-state index in [1.165, 1.54) is 0 Å². The number of carbonyl (C=O) groups is 4.